The Balaban J connectivity index is 1.53. The number of carbonyl (C=O) groups excluding carboxylic acids is 1. The summed E-state index contributed by atoms with van der Waals surface area (Å²) in [7, 11) is 1.53. The van der Waals surface area contributed by atoms with E-state index in [-0.39, 0.29) is 5.91 Å². The van der Waals surface area contributed by atoms with E-state index in [0.29, 0.717) is 35.2 Å². The fourth-order valence-corrected chi connectivity index (χ4v) is 3.20. The molecule has 2 heterocycles. The highest BCUT2D eigenvalue weighted by molar-refractivity contribution is 6.05. The summed E-state index contributed by atoms with van der Waals surface area (Å²) in [5.74, 6) is 0.250. The van der Waals surface area contributed by atoms with Crippen LogP contribution in [-0.4, -0.2) is 24.5 Å². The largest absolute Gasteiger partial charge is 0.497 e. The van der Waals surface area contributed by atoms with Gasteiger partial charge in [-0.15, -0.1) is 0 Å². The number of hydrogen-bond acceptors (Lipinski definition) is 4. The molecule has 2 aromatic carbocycles. The third-order valence-electron chi connectivity index (χ3n) is 4.55. The van der Waals surface area contributed by atoms with Crippen LogP contribution in [0.25, 0.3) is 21.9 Å². The van der Waals surface area contributed by atoms with E-state index < -0.39 is 5.63 Å². The maximum Gasteiger partial charge on any atom is 0.337 e. The van der Waals surface area contributed by atoms with Crippen LogP contribution in [0.1, 0.15) is 15.9 Å². The molecule has 2 aromatic heterocycles. The molecule has 0 saturated carbocycles. The number of ether oxygens (including phenoxy) is 1. The number of para-hydroxylation sites is 1. The first-order valence-electron chi connectivity index (χ1n) is 8.61. The second-order valence-electron chi connectivity index (χ2n) is 6.21. The molecule has 0 aliphatic carbocycles. The van der Waals surface area contributed by atoms with E-state index in [4.69, 9.17) is 9.15 Å². The van der Waals surface area contributed by atoms with Gasteiger partial charge in [0.25, 0.3) is 5.91 Å². The van der Waals surface area contributed by atoms with Gasteiger partial charge in [-0.25, -0.2) is 4.79 Å². The lowest BCUT2D eigenvalue weighted by molar-refractivity contribution is 0.0955. The average molecular weight is 362 g/mol. The smallest absolute Gasteiger partial charge is 0.337 e. The third kappa shape index (κ3) is 3.29. The highest BCUT2D eigenvalue weighted by Gasteiger charge is 2.14. The fourth-order valence-electron chi connectivity index (χ4n) is 3.20. The maximum atomic E-state index is 12.6. The van der Waals surface area contributed by atoms with Crippen molar-refractivity contribution in [2.45, 2.75) is 6.42 Å². The third-order valence-corrected chi connectivity index (χ3v) is 4.55. The van der Waals surface area contributed by atoms with Crippen LogP contribution in [0.2, 0.25) is 0 Å². The van der Waals surface area contributed by atoms with Crippen LogP contribution in [0.15, 0.2) is 63.9 Å². The van der Waals surface area contributed by atoms with Crippen LogP contribution in [-0.2, 0) is 6.42 Å². The monoisotopic (exact) mass is 362 g/mol. The number of amides is 1. The molecular weight excluding hydrogens is 344 g/mol. The van der Waals surface area contributed by atoms with Gasteiger partial charge >= 0.3 is 5.63 Å². The molecule has 6 heteroatoms. The molecule has 0 spiro atoms. The maximum absolute atomic E-state index is 12.6. The Bertz CT molecular complexity index is 1190. The zero-order chi connectivity index (χ0) is 18.8. The standard InChI is InChI=1S/C21H18N2O4/c1-26-14-6-7-16-17(11-20(24)27-19(16)10-14)21(25)22-9-8-13-12-23-18-5-3-2-4-15(13)18/h2-7,10-12,23H,8-9H2,1H3,(H,22,25). The lowest BCUT2D eigenvalue weighted by atomic mass is 10.1. The summed E-state index contributed by atoms with van der Waals surface area (Å²) >= 11 is 0. The van der Waals surface area contributed by atoms with Crippen LogP contribution in [0.4, 0.5) is 0 Å². The van der Waals surface area contributed by atoms with Crippen molar-refractivity contribution in [2.75, 3.05) is 13.7 Å². The second kappa shape index (κ2) is 6.99. The van der Waals surface area contributed by atoms with Crippen LogP contribution < -0.4 is 15.7 Å². The van der Waals surface area contributed by atoms with Gasteiger partial charge in [-0.3, -0.25) is 4.79 Å². The summed E-state index contributed by atoms with van der Waals surface area (Å²) in [6.07, 6.45) is 2.64. The number of carbonyl (C=O) groups is 1. The summed E-state index contributed by atoms with van der Waals surface area (Å²) in [6, 6.07) is 14.3. The number of fused-ring (bicyclic) bond motifs is 2. The Kier molecular flexibility index (Phi) is 4.38. The summed E-state index contributed by atoms with van der Waals surface area (Å²) in [5.41, 5.74) is 2.25. The Hall–Kier alpha value is -3.54. The summed E-state index contributed by atoms with van der Waals surface area (Å²) in [6.45, 7) is 0.457. The van der Waals surface area contributed by atoms with Gasteiger partial charge < -0.3 is 19.5 Å². The molecule has 0 aliphatic rings. The molecule has 0 fully saturated rings. The molecule has 0 saturated heterocycles. The molecule has 0 unspecified atom stereocenters. The predicted molar refractivity (Wildman–Crippen MR) is 103 cm³/mol. The molecule has 4 rings (SSSR count). The highest BCUT2D eigenvalue weighted by atomic mass is 16.5. The normalized spacial score (nSPS) is 11.0. The van der Waals surface area contributed by atoms with Crippen molar-refractivity contribution in [2.24, 2.45) is 0 Å². The molecule has 2 N–H and O–H groups in total. The van der Waals surface area contributed by atoms with E-state index in [9.17, 15) is 9.59 Å². The molecule has 27 heavy (non-hydrogen) atoms. The second-order valence-corrected chi connectivity index (χ2v) is 6.21. The van der Waals surface area contributed by atoms with Gasteiger partial charge in [-0.2, -0.15) is 0 Å². The molecule has 1 amide bonds. The van der Waals surface area contributed by atoms with E-state index in [1.54, 1.807) is 18.2 Å². The summed E-state index contributed by atoms with van der Waals surface area (Å²) in [4.78, 5) is 27.7. The van der Waals surface area contributed by atoms with Gasteiger partial charge in [0, 0.05) is 41.2 Å². The van der Waals surface area contributed by atoms with Crippen molar-refractivity contribution in [3.8, 4) is 5.75 Å². The zero-order valence-electron chi connectivity index (χ0n) is 14.7. The number of hydrogen-bond donors (Lipinski definition) is 2. The number of benzene rings is 2. The Morgan fingerprint density at radius 3 is 2.85 bits per heavy atom. The minimum Gasteiger partial charge on any atom is -0.497 e. The summed E-state index contributed by atoms with van der Waals surface area (Å²) in [5, 5.41) is 4.60. The Morgan fingerprint density at radius 1 is 1.15 bits per heavy atom. The first-order chi connectivity index (χ1) is 13.2. The predicted octanol–water partition coefficient (Wildman–Crippen LogP) is 3.26. The SMILES string of the molecule is COc1ccc2c(C(=O)NCCc3c[nH]c4ccccc34)cc(=O)oc2c1. The fraction of sp³-hybridized carbons (Fsp3) is 0.143. The van der Waals surface area contributed by atoms with Crippen LogP contribution >= 0.6 is 0 Å². The van der Waals surface area contributed by atoms with Crippen molar-refractivity contribution in [1.82, 2.24) is 10.3 Å². The van der Waals surface area contributed by atoms with E-state index in [1.807, 2.05) is 30.5 Å². The Morgan fingerprint density at radius 2 is 2.00 bits per heavy atom. The Labute approximate surface area is 154 Å². The molecule has 0 bridgehead atoms. The average Bonchev–Trinajstić information content (AvgIpc) is 3.10. The molecular formula is C21H18N2O4. The van der Waals surface area contributed by atoms with Crippen LogP contribution in [0.5, 0.6) is 5.75 Å². The van der Waals surface area contributed by atoms with Gasteiger partial charge in [-0.1, -0.05) is 18.2 Å². The summed E-state index contributed by atoms with van der Waals surface area (Å²) < 4.78 is 10.3. The molecule has 0 aliphatic heterocycles. The topological polar surface area (TPSA) is 84.3 Å². The number of nitrogens with one attached hydrogen (secondary N) is 2. The quantitative estimate of drug-likeness (QED) is 0.534. The van der Waals surface area contributed by atoms with Gasteiger partial charge in [0.15, 0.2) is 0 Å². The van der Waals surface area contributed by atoms with E-state index in [0.717, 1.165) is 16.5 Å². The number of H-pyrrole nitrogens is 1. The minimum atomic E-state index is -0.572. The number of aromatic nitrogens is 1. The molecule has 0 radical (unpaired) electrons. The molecule has 0 atom stereocenters. The lowest BCUT2D eigenvalue weighted by Crippen LogP contribution is -2.26. The van der Waals surface area contributed by atoms with Crippen molar-refractivity contribution >= 4 is 27.8 Å². The van der Waals surface area contributed by atoms with Crippen molar-refractivity contribution in [1.29, 1.82) is 0 Å². The minimum absolute atomic E-state index is 0.294. The first-order valence-corrected chi connectivity index (χ1v) is 8.61. The van der Waals surface area contributed by atoms with Crippen molar-refractivity contribution < 1.29 is 13.9 Å². The van der Waals surface area contributed by atoms with Gasteiger partial charge in [0.2, 0.25) is 0 Å². The zero-order valence-corrected chi connectivity index (χ0v) is 14.7. The van der Waals surface area contributed by atoms with Crippen molar-refractivity contribution in [3.63, 3.8) is 0 Å². The molecule has 6 nitrogen and oxygen atoms in total. The van der Waals surface area contributed by atoms with Crippen LogP contribution in [0, 0.1) is 0 Å². The van der Waals surface area contributed by atoms with E-state index >= 15 is 0 Å². The van der Waals surface area contributed by atoms with Crippen LogP contribution in [0.3, 0.4) is 0 Å². The van der Waals surface area contributed by atoms with Gasteiger partial charge in [-0.05, 0) is 30.2 Å². The van der Waals surface area contributed by atoms with E-state index in [2.05, 4.69) is 10.3 Å². The van der Waals surface area contributed by atoms with Gasteiger partial charge in [0.1, 0.15) is 11.3 Å². The first kappa shape index (κ1) is 16.9. The number of rotatable bonds is 5. The highest BCUT2D eigenvalue weighted by Crippen LogP contribution is 2.22. The van der Waals surface area contributed by atoms with Gasteiger partial charge in [0.05, 0.1) is 12.7 Å². The number of methoxy groups -OCH3 is 1. The van der Waals surface area contributed by atoms with Crippen molar-refractivity contribution in [3.05, 3.63) is 76.3 Å². The molecule has 4 aromatic rings. The number of aromatic amines is 1. The molecule has 136 valence electrons. The van der Waals surface area contributed by atoms with E-state index in [1.165, 1.54) is 13.2 Å². The lowest BCUT2D eigenvalue weighted by Gasteiger charge is -2.08.